The Balaban J connectivity index is -0.000000122. The minimum Gasteiger partial charge on any atom is -0.581 e. The molecular formula is C12H11Cu3N6O4. The van der Waals surface area contributed by atoms with Gasteiger partial charge in [0.25, 0.3) is 0 Å². The summed E-state index contributed by atoms with van der Waals surface area (Å²) in [4.78, 5) is 29.4. The van der Waals surface area contributed by atoms with Crippen molar-refractivity contribution in [1.82, 2.24) is 30.6 Å². The number of aldehydes is 3. The second-order valence-electron chi connectivity index (χ2n) is 3.32. The van der Waals surface area contributed by atoms with Gasteiger partial charge in [0, 0.05) is 35.3 Å². The van der Waals surface area contributed by atoms with Gasteiger partial charge >= 0.3 is 51.2 Å². The largest absolute Gasteiger partial charge is 1.00 e. The predicted molar refractivity (Wildman–Crippen MR) is 72.4 cm³/mol. The van der Waals surface area contributed by atoms with Crippen molar-refractivity contribution in [2.45, 2.75) is 0 Å². The zero-order valence-corrected chi connectivity index (χ0v) is 14.8. The molecule has 0 aromatic carbocycles. The summed E-state index contributed by atoms with van der Waals surface area (Å²) < 4.78 is 0. The molecule has 3 aromatic rings. The van der Waals surface area contributed by atoms with Gasteiger partial charge in [-0.2, -0.15) is 0 Å². The first-order chi connectivity index (χ1) is 10.3. The van der Waals surface area contributed by atoms with E-state index in [1.165, 1.54) is 37.2 Å². The Morgan fingerprint density at radius 3 is 0.920 bits per heavy atom. The van der Waals surface area contributed by atoms with Crippen molar-refractivity contribution in [1.29, 1.82) is 0 Å². The number of hydrogen-bond acceptors (Lipinski definition) is 6. The van der Waals surface area contributed by atoms with E-state index in [1.807, 2.05) is 0 Å². The average Bonchev–Trinajstić information content (AvgIpc) is 3.31. The van der Waals surface area contributed by atoms with Crippen LogP contribution in [0.25, 0.3) is 0 Å². The first-order valence-electron chi connectivity index (χ1n) is 5.45. The summed E-state index contributed by atoms with van der Waals surface area (Å²) in [7, 11) is 0. The summed E-state index contributed by atoms with van der Waals surface area (Å²) in [6.07, 6.45) is 10.6. The summed E-state index contributed by atoms with van der Waals surface area (Å²) >= 11 is 0. The van der Waals surface area contributed by atoms with Crippen LogP contribution in [0, 0.1) is 0 Å². The first kappa shape index (κ1) is 31.0. The van der Waals surface area contributed by atoms with Gasteiger partial charge in [-0.15, -0.1) is 18.6 Å². The summed E-state index contributed by atoms with van der Waals surface area (Å²) in [5, 5.41) is 20.5. The van der Waals surface area contributed by atoms with Crippen LogP contribution in [0.15, 0.2) is 37.2 Å². The van der Waals surface area contributed by atoms with E-state index in [9.17, 15) is 14.4 Å². The fourth-order valence-electron chi connectivity index (χ4n) is 0.883. The van der Waals surface area contributed by atoms with Crippen molar-refractivity contribution >= 4 is 18.9 Å². The quantitative estimate of drug-likeness (QED) is 0.319. The Labute approximate surface area is 174 Å². The number of hydrogen-bond donors (Lipinski definition) is 0. The number of nitrogens with zero attached hydrogens (tertiary/aromatic N) is 6. The van der Waals surface area contributed by atoms with E-state index in [-0.39, 0.29) is 56.7 Å². The van der Waals surface area contributed by atoms with Gasteiger partial charge in [0.05, 0.1) is 0 Å². The van der Waals surface area contributed by atoms with E-state index in [1.54, 1.807) is 0 Å². The molecule has 25 heavy (non-hydrogen) atoms. The van der Waals surface area contributed by atoms with Crippen LogP contribution in [-0.2, 0) is 51.2 Å². The molecule has 2 N–H and O–H groups in total. The second-order valence-corrected chi connectivity index (χ2v) is 3.32. The molecule has 146 valence electrons. The van der Waals surface area contributed by atoms with Gasteiger partial charge in [0.15, 0.2) is 0 Å². The number of rotatable bonds is 3. The molecular weight excluding hydrogens is 483 g/mol. The fourth-order valence-corrected chi connectivity index (χ4v) is 0.883. The second kappa shape index (κ2) is 20.2. The number of carbonyl (C=O) groups excluding carboxylic acids is 3. The third-order valence-electron chi connectivity index (χ3n) is 1.85. The third-order valence-corrected chi connectivity index (χ3v) is 1.85. The van der Waals surface area contributed by atoms with Gasteiger partial charge < -0.3 is 36.1 Å². The van der Waals surface area contributed by atoms with Crippen molar-refractivity contribution in [3.63, 3.8) is 0 Å². The van der Waals surface area contributed by atoms with Crippen molar-refractivity contribution in [3.8, 4) is 0 Å². The molecule has 10 nitrogen and oxygen atoms in total. The molecule has 0 aliphatic rings. The Morgan fingerprint density at radius 1 is 0.600 bits per heavy atom. The molecule has 0 saturated heterocycles. The average molecular weight is 494 g/mol. The molecule has 0 bridgehead atoms. The Kier molecular flexibility index (Phi) is 25.0. The maximum absolute atomic E-state index is 9.79. The van der Waals surface area contributed by atoms with Gasteiger partial charge in [0.2, 0.25) is 0 Å². The number of aromatic nitrogens is 6. The molecule has 13 heteroatoms. The molecule has 0 spiro atoms. The van der Waals surface area contributed by atoms with E-state index < -0.39 is 0 Å². The zero-order valence-electron chi connectivity index (χ0n) is 12.0. The molecule has 0 unspecified atom stereocenters. The van der Waals surface area contributed by atoms with E-state index in [0.29, 0.717) is 35.5 Å². The van der Waals surface area contributed by atoms with E-state index >= 15 is 0 Å². The Hall–Kier alpha value is -1.84. The van der Waals surface area contributed by atoms with Gasteiger partial charge in [0.1, 0.15) is 18.9 Å². The fraction of sp³-hybridized carbons (Fsp3) is 0. The molecule has 3 heterocycles. The minimum absolute atomic E-state index is 0. The van der Waals surface area contributed by atoms with Crippen molar-refractivity contribution in [3.05, 3.63) is 53.9 Å². The van der Waals surface area contributed by atoms with Crippen LogP contribution in [-0.4, -0.2) is 39.6 Å². The van der Waals surface area contributed by atoms with Crippen LogP contribution >= 0.6 is 0 Å². The maximum Gasteiger partial charge on any atom is 1.00 e. The molecule has 0 saturated carbocycles. The molecule has 3 rings (SSSR count). The topological polar surface area (TPSA) is 164 Å². The minimum atomic E-state index is 0. The summed E-state index contributed by atoms with van der Waals surface area (Å²) in [5.74, 6) is 0. The molecule has 0 aliphatic heterocycles. The van der Waals surface area contributed by atoms with Crippen LogP contribution in [0.1, 0.15) is 31.1 Å². The van der Waals surface area contributed by atoms with Crippen LogP contribution in [0.2, 0.25) is 0 Å². The van der Waals surface area contributed by atoms with E-state index in [4.69, 9.17) is 0 Å². The Bertz CT molecular complexity index is 541. The third kappa shape index (κ3) is 14.2. The van der Waals surface area contributed by atoms with Crippen molar-refractivity contribution in [2.75, 3.05) is 0 Å². The Morgan fingerprint density at radius 2 is 0.840 bits per heavy atom. The molecule has 0 radical (unpaired) electrons. The summed E-state index contributed by atoms with van der Waals surface area (Å²) in [5.41, 5.74) is 1.58. The van der Waals surface area contributed by atoms with E-state index in [2.05, 4.69) is 30.6 Å². The van der Waals surface area contributed by atoms with Gasteiger partial charge in [-0.25, -0.2) is 0 Å². The summed E-state index contributed by atoms with van der Waals surface area (Å²) in [6.45, 7) is 0. The van der Waals surface area contributed by atoms with Gasteiger partial charge in [-0.05, 0) is 0 Å². The molecule has 0 amide bonds. The zero-order chi connectivity index (χ0) is 15.3. The van der Waals surface area contributed by atoms with Crippen molar-refractivity contribution in [2.24, 2.45) is 0 Å². The van der Waals surface area contributed by atoms with Crippen LogP contribution in [0.3, 0.4) is 0 Å². The standard InChI is InChI=1S/3C4H4N2O.3Cu.H2O/c3*7-3-4-1-5-6-2-4;;;;/h3*1-3H,(H,5,6,7);;;;1H2/q;;;3*+1;/p-3. The predicted octanol–water partition coefficient (Wildman–Crippen LogP) is -1.28. The van der Waals surface area contributed by atoms with Crippen LogP contribution in [0.5, 0.6) is 0 Å². The van der Waals surface area contributed by atoms with Crippen LogP contribution in [0.4, 0.5) is 0 Å². The molecule has 3 aromatic heterocycles. The van der Waals surface area contributed by atoms with E-state index in [0.717, 1.165) is 0 Å². The number of carbonyl (C=O) groups is 3. The molecule has 0 aliphatic carbocycles. The molecule has 0 atom stereocenters. The SMILES string of the molecule is O.O=Cc1cn[n-]c1.O=Cc1cn[n-]c1.O=Cc1cn[n-]c1.[Cu+].[Cu+].[Cu+]. The normalized spacial score (nSPS) is 7.20. The monoisotopic (exact) mass is 492 g/mol. The van der Waals surface area contributed by atoms with Crippen molar-refractivity contribution < 1.29 is 71.1 Å². The first-order valence-corrected chi connectivity index (χ1v) is 5.45. The maximum atomic E-state index is 9.79. The van der Waals surface area contributed by atoms with Gasteiger partial charge in [-0.1, -0.05) is 0 Å². The summed E-state index contributed by atoms with van der Waals surface area (Å²) in [6, 6.07) is 0. The molecule has 0 fully saturated rings. The van der Waals surface area contributed by atoms with Crippen LogP contribution < -0.4 is 15.3 Å². The smallest absolute Gasteiger partial charge is 0.581 e. The van der Waals surface area contributed by atoms with Gasteiger partial charge in [-0.3, -0.25) is 14.4 Å².